The van der Waals surface area contributed by atoms with Crippen molar-refractivity contribution in [2.75, 3.05) is 13.6 Å². The van der Waals surface area contributed by atoms with E-state index in [0.717, 1.165) is 5.56 Å². The van der Waals surface area contributed by atoms with Gasteiger partial charge >= 0.3 is 0 Å². The monoisotopic (exact) mass is 285 g/mol. The van der Waals surface area contributed by atoms with Crippen molar-refractivity contribution in [2.45, 2.75) is 39.8 Å². The lowest BCUT2D eigenvalue weighted by Gasteiger charge is -2.36. The van der Waals surface area contributed by atoms with Gasteiger partial charge in [-0.05, 0) is 41.8 Å². The lowest BCUT2D eigenvalue weighted by Crippen LogP contribution is -2.41. The van der Waals surface area contributed by atoms with E-state index in [9.17, 15) is 5.11 Å². The molecule has 1 N–H and O–H groups in total. The van der Waals surface area contributed by atoms with E-state index in [2.05, 4.69) is 63.9 Å². The first kappa shape index (κ1) is 16.0. The van der Waals surface area contributed by atoms with E-state index < -0.39 is 6.10 Å². The third kappa shape index (κ3) is 3.84. The topological polar surface area (TPSA) is 23.5 Å². The van der Waals surface area contributed by atoms with Gasteiger partial charge in [-0.1, -0.05) is 57.2 Å². The molecule has 0 spiro atoms. The molecule has 2 aromatic carbocycles. The Labute approximate surface area is 128 Å². The van der Waals surface area contributed by atoms with Gasteiger partial charge in [0.2, 0.25) is 0 Å². The molecule has 114 valence electrons. The number of hydrogen-bond acceptors (Lipinski definition) is 2. The number of benzene rings is 2. The molecule has 0 bridgehead atoms. The molecule has 0 heterocycles. The maximum atomic E-state index is 10.5. The number of rotatable bonds is 4. The van der Waals surface area contributed by atoms with E-state index in [1.807, 2.05) is 18.2 Å². The fourth-order valence-corrected chi connectivity index (χ4v) is 2.61. The smallest absolute Gasteiger partial charge is 0.0917 e. The van der Waals surface area contributed by atoms with Gasteiger partial charge in [0.05, 0.1) is 6.10 Å². The lowest BCUT2D eigenvalue weighted by atomic mass is 9.87. The summed E-state index contributed by atoms with van der Waals surface area (Å²) in [7, 11) is 2.08. The Bertz CT molecular complexity index is 600. The molecular formula is C19H27NO. The van der Waals surface area contributed by atoms with Crippen molar-refractivity contribution < 1.29 is 5.11 Å². The van der Waals surface area contributed by atoms with Gasteiger partial charge in [0.1, 0.15) is 0 Å². The first-order valence-electron chi connectivity index (χ1n) is 7.66. The van der Waals surface area contributed by atoms with Crippen LogP contribution in [0.1, 0.15) is 39.4 Å². The summed E-state index contributed by atoms with van der Waals surface area (Å²) in [6, 6.07) is 14.9. The lowest BCUT2D eigenvalue weighted by molar-refractivity contribution is 0.0715. The van der Waals surface area contributed by atoms with Crippen LogP contribution in [0.4, 0.5) is 0 Å². The molecule has 21 heavy (non-hydrogen) atoms. The van der Waals surface area contributed by atoms with Gasteiger partial charge in [-0.25, -0.2) is 0 Å². The predicted molar refractivity (Wildman–Crippen MR) is 90.5 cm³/mol. The second-order valence-electron chi connectivity index (χ2n) is 7.10. The molecule has 2 atom stereocenters. The normalized spacial score (nSPS) is 15.4. The van der Waals surface area contributed by atoms with Crippen LogP contribution in [0.2, 0.25) is 0 Å². The highest BCUT2D eigenvalue weighted by Gasteiger charge is 2.25. The summed E-state index contributed by atoms with van der Waals surface area (Å²) in [5.74, 6) is 0. The fraction of sp³-hybridized carbons (Fsp3) is 0.474. The average Bonchev–Trinajstić information content (AvgIpc) is 2.44. The molecule has 0 aliphatic carbocycles. The van der Waals surface area contributed by atoms with Crippen molar-refractivity contribution in [3.63, 3.8) is 0 Å². The van der Waals surface area contributed by atoms with Crippen LogP contribution >= 0.6 is 0 Å². The van der Waals surface area contributed by atoms with Gasteiger partial charge in [-0.3, -0.25) is 0 Å². The van der Waals surface area contributed by atoms with Crippen molar-refractivity contribution >= 4 is 10.8 Å². The number of likely N-dealkylation sites (N-methyl/N-ethyl adjacent to an activating group) is 1. The zero-order valence-electron chi connectivity index (χ0n) is 13.8. The molecule has 0 saturated heterocycles. The highest BCUT2D eigenvalue weighted by atomic mass is 16.3. The molecule has 0 aliphatic rings. The number of aliphatic hydroxyl groups is 1. The highest BCUT2D eigenvalue weighted by molar-refractivity contribution is 5.83. The number of hydrogen-bond donors (Lipinski definition) is 1. The van der Waals surface area contributed by atoms with Crippen LogP contribution in [0.15, 0.2) is 42.5 Å². The first-order valence-corrected chi connectivity index (χ1v) is 7.66. The molecule has 0 aromatic heterocycles. The van der Waals surface area contributed by atoms with E-state index in [4.69, 9.17) is 0 Å². The van der Waals surface area contributed by atoms with E-state index in [-0.39, 0.29) is 5.41 Å². The Hall–Kier alpha value is -1.38. The maximum absolute atomic E-state index is 10.5. The van der Waals surface area contributed by atoms with Crippen LogP contribution in [-0.4, -0.2) is 29.6 Å². The van der Waals surface area contributed by atoms with Gasteiger partial charge < -0.3 is 10.0 Å². The second-order valence-corrected chi connectivity index (χ2v) is 7.10. The third-order valence-electron chi connectivity index (χ3n) is 4.53. The Morgan fingerprint density at radius 3 is 2.29 bits per heavy atom. The molecular weight excluding hydrogens is 258 g/mol. The molecule has 0 saturated carbocycles. The van der Waals surface area contributed by atoms with Crippen LogP contribution in [-0.2, 0) is 0 Å². The minimum Gasteiger partial charge on any atom is -0.387 e. The maximum Gasteiger partial charge on any atom is 0.0917 e. The Morgan fingerprint density at radius 2 is 1.67 bits per heavy atom. The summed E-state index contributed by atoms with van der Waals surface area (Å²) in [4.78, 5) is 2.24. The van der Waals surface area contributed by atoms with Crippen molar-refractivity contribution in [2.24, 2.45) is 5.41 Å². The van der Waals surface area contributed by atoms with Gasteiger partial charge in [0, 0.05) is 12.6 Å². The minimum atomic E-state index is -0.454. The van der Waals surface area contributed by atoms with Gasteiger partial charge in [-0.2, -0.15) is 0 Å². The molecule has 0 amide bonds. The summed E-state index contributed by atoms with van der Waals surface area (Å²) in [5, 5.41) is 12.9. The molecule has 0 fully saturated rings. The van der Waals surface area contributed by atoms with E-state index >= 15 is 0 Å². The summed E-state index contributed by atoms with van der Waals surface area (Å²) in [6.07, 6.45) is -0.454. The number of nitrogens with zero attached hydrogens (tertiary/aromatic N) is 1. The van der Waals surface area contributed by atoms with E-state index in [0.29, 0.717) is 12.6 Å². The molecule has 0 aliphatic heterocycles. The van der Waals surface area contributed by atoms with Crippen LogP contribution < -0.4 is 0 Å². The second kappa shape index (κ2) is 6.17. The largest absolute Gasteiger partial charge is 0.387 e. The minimum absolute atomic E-state index is 0.206. The van der Waals surface area contributed by atoms with Crippen LogP contribution in [0.25, 0.3) is 10.8 Å². The number of aliphatic hydroxyl groups excluding tert-OH is 1. The molecule has 2 aromatic rings. The fourth-order valence-electron chi connectivity index (χ4n) is 2.61. The van der Waals surface area contributed by atoms with Crippen LogP contribution in [0.5, 0.6) is 0 Å². The number of fused-ring (bicyclic) bond motifs is 1. The molecule has 0 radical (unpaired) electrons. The Morgan fingerprint density at radius 1 is 1.05 bits per heavy atom. The van der Waals surface area contributed by atoms with Crippen molar-refractivity contribution in [3.8, 4) is 0 Å². The first-order chi connectivity index (χ1) is 9.79. The van der Waals surface area contributed by atoms with Crippen molar-refractivity contribution in [1.29, 1.82) is 0 Å². The van der Waals surface area contributed by atoms with Crippen molar-refractivity contribution in [3.05, 3.63) is 48.0 Å². The molecule has 2 unspecified atom stereocenters. The van der Waals surface area contributed by atoms with Crippen LogP contribution in [0, 0.1) is 5.41 Å². The molecule has 2 rings (SSSR count). The molecule has 2 heteroatoms. The summed E-state index contributed by atoms with van der Waals surface area (Å²) in [6.45, 7) is 9.56. The third-order valence-corrected chi connectivity index (χ3v) is 4.53. The SMILES string of the molecule is CC(N(C)CC(O)c1ccc2ccccc2c1)C(C)(C)C. The average molecular weight is 285 g/mol. The predicted octanol–water partition coefficient (Wildman–Crippen LogP) is 4.24. The van der Waals surface area contributed by atoms with E-state index in [1.54, 1.807) is 0 Å². The summed E-state index contributed by atoms with van der Waals surface area (Å²) >= 11 is 0. The molecule has 2 nitrogen and oxygen atoms in total. The summed E-state index contributed by atoms with van der Waals surface area (Å²) < 4.78 is 0. The Kier molecular flexibility index (Phi) is 4.70. The quantitative estimate of drug-likeness (QED) is 0.908. The standard InChI is InChI=1S/C19H27NO/c1-14(19(2,3)4)20(5)13-18(21)17-11-10-15-8-6-7-9-16(15)12-17/h6-12,14,18,21H,13H2,1-5H3. The summed E-state index contributed by atoms with van der Waals surface area (Å²) in [5.41, 5.74) is 1.19. The van der Waals surface area contributed by atoms with E-state index in [1.165, 1.54) is 10.8 Å². The Balaban J connectivity index is 2.13. The van der Waals surface area contributed by atoms with Gasteiger partial charge in [0.15, 0.2) is 0 Å². The highest BCUT2D eigenvalue weighted by Crippen LogP contribution is 2.26. The zero-order valence-corrected chi connectivity index (χ0v) is 13.8. The van der Waals surface area contributed by atoms with Gasteiger partial charge in [-0.15, -0.1) is 0 Å². The van der Waals surface area contributed by atoms with Crippen molar-refractivity contribution in [1.82, 2.24) is 4.90 Å². The van der Waals surface area contributed by atoms with Crippen LogP contribution in [0.3, 0.4) is 0 Å². The zero-order chi connectivity index (χ0) is 15.6. The van der Waals surface area contributed by atoms with Gasteiger partial charge in [0.25, 0.3) is 0 Å².